The number of carbonyl (C=O) groups is 2. The minimum Gasteiger partial charge on any atom is -0.457 e. The molecule has 4 rings (SSSR count). The minimum atomic E-state index is -10.0. The van der Waals surface area contributed by atoms with Gasteiger partial charge in [-0.2, -0.15) is 8.42 Å². The average molecular weight is 758 g/mol. The van der Waals surface area contributed by atoms with Crippen LogP contribution in [0.25, 0.3) is 0 Å². The molecular formula is C27H23BrF6N4O6S2. The molecule has 0 spiro atoms. The lowest BCUT2D eigenvalue weighted by Gasteiger charge is -2.41. The number of nitrogens with zero attached hydrogens (tertiary/aromatic N) is 1. The molecule has 10 nitrogen and oxygen atoms in total. The Labute approximate surface area is 266 Å². The first-order chi connectivity index (χ1) is 21.0. The third kappa shape index (κ3) is 10.4. The molecule has 0 saturated heterocycles. The predicted octanol–water partition coefficient (Wildman–Crippen LogP) is 8.68. The zero-order valence-corrected chi connectivity index (χ0v) is 26.6. The van der Waals surface area contributed by atoms with Gasteiger partial charge in [-0.05, 0) is 71.4 Å². The molecule has 0 unspecified atom stereocenters. The Morgan fingerprint density at radius 3 is 2.09 bits per heavy atom. The molecular weight excluding hydrogens is 734 g/mol. The Kier molecular flexibility index (Phi) is 10.1. The quantitative estimate of drug-likeness (QED) is 0.109. The second-order valence-corrected chi connectivity index (χ2v) is 13.8. The standard InChI is InChI=1S/C20H15BrF6N4O3S.C7H8O3S/c1-28-19(32)17-10-13(6-7-29-17)34-12-3-5-16(15(22)9-12)31-20(33)30-11-2-4-14(21)18(8-11)35(23,24,25,26)27;1-6-2-4-7(5-3-6)11(8,9)10/h2-10H,1H3,(H,28,32)(H2,30,31,33);2-5H,1H3,(H,8,9,10). The van der Waals surface area contributed by atoms with Gasteiger partial charge in [0.1, 0.15) is 27.9 Å². The van der Waals surface area contributed by atoms with Crippen LogP contribution < -0.4 is 20.7 Å². The molecule has 4 N–H and O–H groups in total. The van der Waals surface area contributed by atoms with E-state index in [2.05, 4.69) is 31.5 Å². The highest BCUT2D eigenvalue weighted by molar-refractivity contribution is 9.10. The normalized spacial score (nSPS) is 12.8. The van der Waals surface area contributed by atoms with E-state index >= 15 is 0 Å². The van der Waals surface area contributed by atoms with Crippen molar-refractivity contribution < 1.29 is 51.1 Å². The van der Waals surface area contributed by atoms with Gasteiger partial charge in [0, 0.05) is 35.5 Å². The van der Waals surface area contributed by atoms with Crippen LogP contribution in [0.3, 0.4) is 0 Å². The van der Waals surface area contributed by atoms with Crippen molar-refractivity contribution in [1.82, 2.24) is 10.3 Å². The van der Waals surface area contributed by atoms with Gasteiger partial charge in [0.15, 0.2) is 0 Å². The van der Waals surface area contributed by atoms with Gasteiger partial charge < -0.3 is 20.7 Å². The van der Waals surface area contributed by atoms with E-state index in [1.165, 1.54) is 43.6 Å². The fourth-order valence-electron chi connectivity index (χ4n) is 3.40. The summed E-state index contributed by atoms with van der Waals surface area (Å²) in [5.74, 6) is -1.27. The number of anilines is 2. The third-order valence-electron chi connectivity index (χ3n) is 5.54. The van der Waals surface area contributed by atoms with Gasteiger partial charge in [0.05, 0.1) is 10.6 Å². The lowest BCUT2D eigenvalue weighted by atomic mass is 10.2. The number of carbonyl (C=O) groups excluding carboxylic acids is 2. The van der Waals surface area contributed by atoms with E-state index in [1.54, 1.807) is 12.1 Å². The highest BCUT2D eigenvalue weighted by atomic mass is 79.9. The fraction of sp³-hybridized carbons (Fsp3) is 0.0741. The summed E-state index contributed by atoms with van der Waals surface area (Å²) in [4.78, 5) is 25.3. The number of aromatic nitrogens is 1. The van der Waals surface area contributed by atoms with Crippen molar-refractivity contribution in [2.45, 2.75) is 16.7 Å². The number of aryl methyl sites for hydroxylation is 1. The SMILES string of the molecule is CNC(=O)c1cc(Oc2ccc(NC(=O)Nc3ccc(Br)c(S(F)(F)(F)(F)F)c3)c(F)c2)ccn1.Cc1ccc(S(=O)(=O)O)cc1. The van der Waals surface area contributed by atoms with Gasteiger partial charge in [-0.25, -0.2) is 9.18 Å². The summed E-state index contributed by atoms with van der Waals surface area (Å²) in [7, 11) is -12.6. The number of benzene rings is 3. The number of rotatable bonds is 7. The molecule has 0 fully saturated rings. The van der Waals surface area contributed by atoms with Gasteiger partial charge in [0.25, 0.3) is 16.0 Å². The molecule has 3 amide bonds. The van der Waals surface area contributed by atoms with Gasteiger partial charge >= 0.3 is 16.3 Å². The maximum Gasteiger partial charge on any atom is 0.323 e. The Hall–Kier alpha value is -4.33. The molecule has 0 aliphatic heterocycles. The Balaban J connectivity index is 0.000000441. The second-order valence-electron chi connectivity index (χ2n) is 9.18. The van der Waals surface area contributed by atoms with Crippen LogP contribution >= 0.6 is 26.2 Å². The maximum absolute atomic E-state index is 14.4. The number of nitrogens with one attached hydrogen (secondary N) is 3. The number of urea groups is 1. The molecule has 0 atom stereocenters. The average Bonchev–Trinajstić information content (AvgIpc) is 2.94. The lowest BCUT2D eigenvalue weighted by molar-refractivity contribution is 0.0957. The first-order valence-electron chi connectivity index (χ1n) is 12.4. The van der Waals surface area contributed by atoms with E-state index in [0.717, 1.165) is 23.8 Å². The number of pyridine rings is 1. The molecule has 0 bridgehead atoms. The number of amides is 3. The molecule has 46 heavy (non-hydrogen) atoms. The van der Waals surface area contributed by atoms with Gasteiger partial charge in [-0.15, -0.1) is 0 Å². The predicted molar refractivity (Wildman–Crippen MR) is 163 cm³/mol. The van der Waals surface area contributed by atoms with Crippen LogP contribution in [0.5, 0.6) is 11.5 Å². The molecule has 0 aliphatic rings. The third-order valence-corrected chi connectivity index (χ3v) is 8.53. The van der Waals surface area contributed by atoms with Crippen LogP contribution in [0.4, 0.5) is 40.0 Å². The van der Waals surface area contributed by atoms with Crippen LogP contribution in [-0.2, 0) is 10.1 Å². The fourth-order valence-corrected chi connectivity index (χ4v) is 5.83. The van der Waals surface area contributed by atoms with Crippen LogP contribution in [0.15, 0.2) is 93.3 Å². The smallest absolute Gasteiger partial charge is 0.323 e. The first-order valence-corrected chi connectivity index (χ1v) is 16.6. The molecule has 1 aromatic heterocycles. The van der Waals surface area contributed by atoms with Crippen molar-refractivity contribution in [2.24, 2.45) is 0 Å². The molecule has 0 saturated carbocycles. The topological polar surface area (TPSA) is 147 Å². The van der Waals surface area contributed by atoms with Crippen molar-refractivity contribution in [3.05, 3.63) is 101 Å². The van der Waals surface area contributed by atoms with Crippen LogP contribution in [0.1, 0.15) is 16.1 Å². The number of hydrogen-bond donors (Lipinski definition) is 4. The molecule has 1 heterocycles. The molecule has 0 radical (unpaired) electrons. The number of ether oxygens (including phenoxy) is 1. The van der Waals surface area contributed by atoms with Crippen LogP contribution in [0.2, 0.25) is 0 Å². The molecule has 0 aliphatic carbocycles. The number of halogens is 7. The summed E-state index contributed by atoms with van der Waals surface area (Å²) < 4.78 is 114. The molecule has 4 aromatic rings. The van der Waals surface area contributed by atoms with Crippen LogP contribution in [-0.4, -0.2) is 36.9 Å². The molecule has 19 heteroatoms. The van der Waals surface area contributed by atoms with Crippen molar-refractivity contribution in [3.63, 3.8) is 0 Å². The molecule has 3 aromatic carbocycles. The first kappa shape index (κ1) is 36.1. The summed E-state index contributed by atoms with van der Waals surface area (Å²) in [6.45, 7) is 1.84. The largest absolute Gasteiger partial charge is 0.457 e. The van der Waals surface area contributed by atoms with E-state index in [0.29, 0.717) is 6.07 Å². The highest BCUT2D eigenvalue weighted by Crippen LogP contribution is 3.02. The monoisotopic (exact) mass is 756 g/mol. The van der Waals surface area contributed by atoms with Gasteiger partial charge in [-0.1, -0.05) is 37.1 Å². The van der Waals surface area contributed by atoms with Gasteiger partial charge in [-0.3, -0.25) is 14.3 Å². The Morgan fingerprint density at radius 2 is 1.52 bits per heavy atom. The van der Waals surface area contributed by atoms with E-state index in [-0.39, 0.29) is 33.8 Å². The Morgan fingerprint density at radius 1 is 0.891 bits per heavy atom. The van der Waals surface area contributed by atoms with E-state index < -0.39 is 53.2 Å². The minimum absolute atomic E-state index is 0.00375. The zero-order valence-electron chi connectivity index (χ0n) is 23.4. The van der Waals surface area contributed by atoms with E-state index in [4.69, 9.17) is 9.29 Å². The van der Waals surface area contributed by atoms with Gasteiger partial charge in [0.2, 0.25) is 0 Å². The van der Waals surface area contributed by atoms with Crippen molar-refractivity contribution in [3.8, 4) is 11.5 Å². The second kappa shape index (κ2) is 12.8. The highest BCUT2D eigenvalue weighted by Gasteiger charge is 2.66. The Bertz CT molecular complexity index is 1900. The summed E-state index contributed by atoms with van der Waals surface area (Å²) >= 11 is 2.43. The molecule has 248 valence electrons. The maximum atomic E-state index is 14.4. The van der Waals surface area contributed by atoms with E-state index in [9.17, 15) is 41.8 Å². The van der Waals surface area contributed by atoms with Crippen molar-refractivity contribution in [2.75, 3.05) is 17.7 Å². The van der Waals surface area contributed by atoms with Crippen molar-refractivity contribution in [1.29, 1.82) is 0 Å². The summed E-state index contributed by atoms with van der Waals surface area (Å²) in [6, 6.07) is 12.5. The van der Waals surface area contributed by atoms with Crippen LogP contribution in [0, 0.1) is 12.7 Å². The summed E-state index contributed by atoms with van der Waals surface area (Å²) in [5, 5.41) is 6.38. The zero-order chi connectivity index (χ0) is 34.6. The van der Waals surface area contributed by atoms with E-state index in [1.807, 2.05) is 12.2 Å². The summed E-state index contributed by atoms with van der Waals surface area (Å²) in [6.07, 6.45) is 1.31. The number of hydrogen-bond acceptors (Lipinski definition) is 6. The summed E-state index contributed by atoms with van der Waals surface area (Å²) in [5.41, 5.74) is 0.0404. The van der Waals surface area contributed by atoms with Crippen molar-refractivity contribution >= 4 is 59.6 Å². The lowest BCUT2D eigenvalue weighted by Crippen LogP contribution is -2.20.